The lowest BCUT2D eigenvalue weighted by molar-refractivity contribution is -0.114. The number of carbonyl (C=O) groups is 2. The maximum absolute atomic E-state index is 9.47. The number of amides is 2. The van der Waals surface area contributed by atoms with Gasteiger partial charge in [0.1, 0.15) is 0 Å². The van der Waals surface area contributed by atoms with Crippen molar-refractivity contribution in [1.29, 1.82) is 0 Å². The van der Waals surface area contributed by atoms with E-state index in [2.05, 4.69) is 24.6 Å². The minimum absolute atomic E-state index is 0.195. The number of aliphatic hydroxyl groups is 2. The molecule has 6 nitrogen and oxygen atoms in total. The van der Waals surface area contributed by atoms with Gasteiger partial charge in [0.15, 0.2) is 0 Å². The van der Waals surface area contributed by atoms with Crippen LogP contribution in [0.3, 0.4) is 0 Å². The van der Waals surface area contributed by atoms with Gasteiger partial charge in [0.25, 0.3) is 0 Å². The average molecular weight is 232 g/mol. The first-order chi connectivity index (χ1) is 7.45. The summed E-state index contributed by atoms with van der Waals surface area (Å²) in [5, 5.41) is 16.2. The van der Waals surface area contributed by atoms with Crippen LogP contribution in [0.25, 0.3) is 0 Å². The Hall–Kier alpha value is -1.66. The van der Waals surface area contributed by atoms with E-state index in [-0.39, 0.29) is 13.2 Å². The number of rotatable bonds is 5. The first-order valence-electron chi connectivity index (χ1n) is 4.51. The molecule has 0 fully saturated rings. The van der Waals surface area contributed by atoms with Crippen molar-refractivity contribution in [2.45, 2.75) is 12.8 Å². The van der Waals surface area contributed by atoms with E-state index in [1.54, 1.807) is 0 Å². The summed E-state index contributed by atoms with van der Waals surface area (Å²) in [6, 6.07) is 0. The van der Waals surface area contributed by atoms with Crippen molar-refractivity contribution in [2.24, 2.45) is 11.5 Å². The fourth-order valence-electron chi connectivity index (χ4n) is 0.224. The minimum Gasteiger partial charge on any atom is -0.396 e. The first kappa shape index (κ1) is 19.8. The zero-order valence-corrected chi connectivity index (χ0v) is 9.26. The molecule has 0 saturated carbocycles. The fraction of sp³-hybridized carbons (Fsp3) is 0.400. The van der Waals surface area contributed by atoms with Crippen LogP contribution in [-0.2, 0) is 9.59 Å². The van der Waals surface area contributed by atoms with E-state index in [9.17, 15) is 9.59 Å². The van der Waals surface area contributed by atoms with Crippen molar-refractivity contribution in [1.82, 2.24) is 0 Å². The van der Waals surface area contributed by atoms with Crippen LogP contribution >= 0.6 is 0 Å². The lowest BCUT2D eigenvalue weighted by Crippen LogP contribution is -2.04. The van der Waals surface area contributed by atoms with Crippen LogP contribution in [0.5, 0.6) is 0 Å². The zero-order chi connectivity index (χ0) is 13.4. The van der Waals surface area contributed by atoms with Crippen LogP contribution in [-0.4, -0.2) is 35.2 Å². The number of unbranched alkanes of at least 4 members (excludes halogenated alkanes) is 1. The van der Waals surface area contributed by atoms with Crippen molar-refractivity contribution in [3.05, 3.63) is 25.3 Å². The summed E-state index contributed by atoms with van der Waals surface area (Å²) in [6.07, 6.45) is 3.55. The highest BCUT2D eigenvalue weighted by molar-refractivity contribution is 5.85. The Morgan fingerprint density at radius 3 is 1.19 bits per heavy atom. The molecule has 0 spiro atoms. The smallest absolute Gasteiger partial charge is 0.240 e. The number of nitrogens with two attached hydrogens (primary N) is 2. The van der Waals surface area contributed by atoms with E-state index in [0.29, 0.717) is 0 Å². The molecule has 0 aromatic rings. The molecule has 0 atom stereocenters. The Balaban J connectivity index is -0.000000160. The SMILES string of the molecule is C=CC(N)=O.C=CC(N)=O.OCCCCO. The molecule has 0 aliphatic carbocycles. The predicted octanol–water partition coefficient (Wildman–Crippen LogP) is -0.933. The molecule has 0 bridgehead atoms. The first-order valence-corrected chi connectivity index (χ1v) is 4.51. The van der Waals surface area contributed by atoms with Crippen molar-refractivity contribution in [3.63, 3.8) is 0 Å². The number of aliphatic hydroxyl groups excluding tert-OH is 2. The number of primary amides is 2. The van der Waals surface area contributed by atoms with Crippen LogP contribution in [0.2, 0.25) is 0 Å². The van der Waals surface area contributed by atoms with Crippen molar-refractivity contribution in [2.75, 3.05) is 13.2 Å². The highest BCUT2D eigenvalue weighted by atomic mass is 16.3. The average Bonchev–Trinajstić information content (AvgIpc) is 2.27. The lowest BCUT2D eigenvalue weighted by atomic mass is 10.3. The molecular formula is C10H20N2O4. The molecule has 0 saturated heterocycles. The molecule has 16 heavy (non-hydrogen) atoms. The molecule has 6 N–H and O–H groups in total. The van der Waals surface area contributed by atoms with Gasteiger partial charge in [0.05, 0.1) is 0 Å². The number of carbonyl (C=O) groups excluding carboxylic acids is 2. The highest BCUT2D eigenvalue weighted by Gasteiger charge is 1.77. The number of hydrogen-bond acceptors (Lipinski definition) is 4. The van der Waals surface area contributed by atoms with Gasteiger partial charge in [-0.15, -0.1) is 0 Å². The quantitative estimate of drug-likeness (QED) is 0.360. The van der Waals surface area contributed by atoms with Crippen LogP contribution in [0.15, 0.2) is 25.3 Å². The fourth-order valence-corrected chi connectivity index (χ4v) is 0.224. The van der Waals surface area contributed by atoms with E-state index in [1.165, 1.54) is 0 Å². The van der Waals surface area contributed by atoms with E-state index < -0.39 is 11.8 Å². The Kier molecular flexibility index (Phi) is 23.6. The van der Waals surface area contributed by atoms with Crippen molar-refractivity contribution >= 4 is 11.8 Å². The molecule has 0 unspecified atom stereocenters. The van der Waals surface area contributed by atoms with Gasteiger partial charge in [-0.2, -0.15) is 0 Å². The lowest BCUT2D eigenvalue weighted by Gasteiger charge is -1.85. The van der Waals surface area contributed by atoms with Gasteiger partial charge in [-0.3, -0.25) is 9.59 Å². The maximum atomic E-state index is 9.47. The molecule has 0 radical (unpaired) electrons. The second-order valence-corrected chi connectivity index (χ2v) is 2.37. The molecule has 0 aromatic carbocycles. The van der Waals surface area contributed by atoms with Gasteiger partial charge in [-0.25, -0.2) is 0 Å². The third kappa shape index (κ3) is 55.6. The summed E-state index contributed by atoms with van der Waals surface area (Å²) in [5.41, 5.74) is 9.07. The molecule has 0 aliphatic heterocycles. The second-order valence-electron chi connectivity index (χ2n) is 2.37. The molecule has 6 heteroatoms. The van der Waals surface area contributed by atoms with Crippen LogP contribution < -0.4 is 11.5 Å². The molecule has 0 rings (SSSR count). The van der Waals surface area contributed by atoms with Crippen molar-refractivity contribution < 1.29 is 19.8 Å². The second kappa shape index (κ2) is 19.0. The Morgan fingerprint density at radius 1 is 0.938 bits per heavy atom. The van der Waals surface area contributed by atoms with Crippen molar-refractivity contribution in [3.8, 4) is 0 Å². The molecule has 0 aromatic heterocycles. The summed E-state index contributed by atoms with van der Waals surface area (Å²) in [6.45, 7) is 6.56. The van der Waals surface area contributed by atoms with E-state index >= 15 is 0 Å². The van der Waals surface area contributed by atoms with Crippen LogP contribution in [0, 0.1) is 0 Å². The monoisotopic (exact) mass is 232 g/mol. The van der Waals surface area contributed by atoms with E-state index in [1.807, 2.05) is 0 Å². The summed E-state index contributed by atoms with van der Waals surface area (Å²) in [4.78, 5) is 18.9. The minimum atomic E-state index is -0.481. The number of hydrogen-bond donors (Lipinski definition) is 4. The third-order valence-corrected chi connectivity index (χ3v) is 0.969. The van der Waals surface area contributed by atoms with E-state index in [4.69, 9.17) is 10.2 Å². The van der Waals surface area contributed by atoms with Gasteiger partial charge in [-0.1, -0.05) is 13.2 Å². The highest BCUT2D eigenvalue weighted by Crippen LogP contribution is 1.80. The summed E-state index contributed by atoms with van der Waals surface area (Å²) < 4.78 is 0. The molecule has 0 heterocycles. The van der Waals surface area contributed by atoms with Crippen LogP contribution in [0.1, 0.15) is 12.8 Å². The Labute approximate surface area is 95.2 Å². The standard InChI is InChI=1S/C4H10O2.2C3H5NO/c5-3-1-2-4-6;2*1-2-3(4)5/h5-6H,1-4H2;2*2H,1H2,(H2,4,5). The van der Waals surface area contributed by atoms with Gasteiger partial charge < -0.3 is 21.7 Å². The Morgan fingerprint density at radius 2 is 1.12 bits per heavy atom. The van der Waals surface area contributed by atoms with Gasteiger partial charge in [0, 0.05) is 13.2 Å². The predicted molar refractivity (Wildman–Crippen MR) is 62.2 cm³/mol. The Bertz CT molecular complexity index is 183. The molecule has 94 valence electrons. The summed E-state index contributed by atoms with van der Waals surface area (Å²) >= 11 is 0. The zero-order valence-electron chi connectivity index (χ0n) is 9.26. The van der Waals surface area contributed by atoms with Gasteiger partial charge >= 0.3 is 0 Å². The summed E-state index contributed by atoms with van der Waals surface area (Å²) in [5.74, 6) is -0.963. The van der Waals surface area contributed by atoms with Gasteiger partial charge in [-0.05, 0) is 25.0 Å². The normalized spacial score (nSPS) is 7.38. The maximum Gasteiger partial charge on any atom is 0.240 e. The largest absolute Gasteiger partial charge is 0.396 e. The molecule has 0 aliphatic rings. The third-order valence-electron chi connectivity index (χ3n) is 0.969. The van der Waals surface area contributed by atoms with Crippen LogP contribution in [0.4, 0.5) is 0 Å². The van der Waals surface area contributed by atoms with E-state index in [0.717, 1.165) is 25.0 Å². The topological polar surface area (TPSA) is 127 Å². The summed E-state index contributed by atoms with van der Waals surface area (Å²) in [7, 11) is 0. The van der Waals surface area contributed by atoms with Gasteiger partial charge in [0.2, 0.25) is 11.8 Å². The molecular weight excluding hydrogens is 212 g/mol. The molecule has 2 amide bonds.